The molecule has 0 aliphatic rings. The van der Waals surface area contributed by atoms with Crippen LogP contribution in [-0.4, -0.2) is 39.2 Å². The molecule has 204 valence electrons. The Bertz CT molecular complexity index is 1560. The molecule has 0 atom stereocenters. The first-order valence-electron chi connectivity index (χ1n) is 12.6. The van der Waals surface area contributed by atoms with Gasteiger partial charge in [-0.05, 0) is 54.8 Å². The molecule has 9 nitrogen and oxygen atoms in total. The number of aromatic hydroxyl groups is 1. The van der Waals surface area contributed by atoms with Gasteiger partial charge in [0.15, 0.2) is 0 Å². The Hall–Kier alpha value is -4.05. The average Bonchev–Trinajstić information content (AvgIpc) is 2.94. The van der Waals surface area contributed by atoms with Crippen LogP contribution in [0.3, 0.4) is 0 Å². The van der Waals surface area contributed by atoms with E-state index in [4.69, 9.17) is 9.47 Å². The zero-order valence-electron chi connectivity index (χ0n) is 21.6. The van der Waals surface area contributed by atoms with Crippen LogP contribution in [0.15, 0.2) is 76.3 Å². The molecule has 0 aliphatic carbocycles. The Morgan fingerprint density at radius 3 is 2.49 bits per heavy atom. The second-order valence-electron chi connectivity index (χ2n) is 8.89. The van der Waals surface area contributed by atoms with Gasteiger partial charge in [-0.3, -0.25) is 18.7 Å². The number of nitrogens with one attached hydrogen (secondary N) is 1. The van der Waals surface area contributed by atoms with E-state index < -0.39 is 11.2 Å². The molecule has 2 N–H and O–H groups in total. The van der Waals surface area contributed by atoms with Gasteiger partial charge in [0.25, 0.3) is 5.56 Å². The number of aromatic nitrogens is 2. The van der Waals surface area contributed by atoms with Crippen molar-refractivity contribution in [1.82, 2.24) is 9.13 Å². The van der Waals surface area contributed by atoms with E-state index in [1.54, 1.807) is 67.8 Å². The van der Waals surface area contributed by atoms with Crippen LogP contribution >= 0.6 is 15.9 Å². The lowest BCUT2D eigenvalue weighted by Crippen LogP contribution is -2.41. The second-order valence-corrected chi connectivity index (χ2v) is 9.68. The van der Waals surface area contributed by atoms with E-state index in [9.17, 15) is 19.5 Å². The van der Waals surface area contributed by atoms with E-state index in [1.807, 2.05) is 0 Å². The van der Waals surface area contributed by atoms with Gasteiger partial charge < -0.3 is 19.9 Å². The lowest BCUT2D eigenvalue weighted by atomic mass is 10.2. The van der Waals surface area contributed by atoms with Crippen LogP contribution in [0.25, 0.3) is 10.9 Å². The lowest BCUT2D eigenvalue weighted by Gasteiger charge is -2.17. The maximum absolute atomic E-state index is 13.5. The van der Waals surface area contributed by atoms with Crippen molar-refractivity contribution >= 4 is 38.4 Å². The molecule has 1 heterocycles. The number of amides is 1. The van der Waals surface area contributed by atoms with Gasteiger partial charge in [0.1, 0.15) is 29.4 Å². The van der Waals surface area contributed by atoms with Gasteiger partial charge in [-0.25, -0.2) is 4.79 Å². The number of alkyl halides is 1. The maximum atomic E-state index is 13.5. The molecule has 0 aliphatic heterocycles. The number of anilines is 1. The Morgan fingerprint density at radius 2 is 1.74 bits per heavy atom. The molecule has 1 amide bonds. The molecule has 4 aromatic rings. The molecule has 0 fully saturated rings. The summed E-state index contributed by atoms with van der Waals surface area (Å²) in [4.78, 5) is 39.1. The van der Waals surface area contributed by atoms with Crippen LogP contribution in [0.1, 0.15) is 24.8 Å². The van der Waals surface area contributed by atoms with E-state index >= 15 is 0 Å². The molecular formula is C29H30BrN3O6. The van der Waals surface area contributed by atoms with Crippen molar-refractivity contribution in [3.05, 3.63) is 93.1 Å². The monoisotopic (exact) mass is 595 g/mol. The van der Waals surface area contributed by atoms with Gasteiger partial charge in [0, 0.05) is 11.8 Å². The summed E-state index contributed by atoms with van der Waals surface area (Å²) in [6.07, 6.45) is 2.07. The van der Waals surface area contributed by atoms with Crippen LogP contribution < -0.4 is 26.0 Å². The summed E-state index contributed by atoms with van der Waals surface area (Å²) < 4.78 is 13.6. The topological polar surface area (TPSA) is 112 Å². The highest BCUT2D eigenvalue weighted by Gasteiger charge is 2.17. The number of hydrogen-bond donors (Lipinski definition) is 2. The van der Waals surface area contributed by atoms with Crippen molar-refractivity contribution in [2.45, 2.75) is 32.4 Å². The van der Waals surface area contributed by atoms with E-state index in [2.05, 4.69) is 21.2 Å². The Labute approximate surface area is 233 Å². The van der Waals surface area contributed by atoms with Gasteiger partial charge in [-0.2, -0.15) is 0 Å². The fraction of sp³-hybridized carbons (Fsp3) is 0.276. The molecule has 0 radical (unpaired) electrons. The minimum absolute atomic E-state index is 0.0536. The quantitative estimate of drug-likeness (QED) is 0.184. The van der Waals surface area contributed by atoms with Crippen molar-refractivity contribution in [3.8, 4) is 17.2 Å². The van der Waals surface area contributed by atoms with Crippen molar-refractivity contribution in [1.29, 1.82) is 0 Å². The molecular weight excluding hydrogens is 566 g/mol. The third kappa shape index (κ3) is 6.69. The van der Waals surface area contributed by atoms with Gasteiger partial charge in [0.05, 0.1) is 31.3 Å². The van der Waals surface area contributed by atoms with Gasteiger partial charge >= 0.3 is 5.69 Å². The number of fused-ring (bicyclic) bond motifs is 1. The highest BCUT2D eigenvalue weighted by atomic mass is 79.9. The standard InChI is InChI=1S/C29H30BrN3O6/c1-38-21-14-12-20(13-15-21)19-33-28(36)22-7-6-9-24(34)27(22)32(29(33)37)17-18-39-25-10-3-2-8-23(25)31-26(35)11-4-5-16-30/h2-3,6-10,12-15,34H,4-5,11,16-19H2,1H3,(H,31,35). The molecule has 3 aromatic carbocycles. The molecule has 0 spiro atoms. The van der Waals surface area contributed by atoms with E-state index in [0.29, 0.717) is 23.6 Å². The number of benzene rings is 3. The number of halogens is 1. The molecule has 1 aromatic heterocycles. The molecule has 0 unspecified atom stereocenters. The zero-order valence-corrected chi connectivity index (χ0v) is 23.1. The van der Waals surface area contributed by atoms with E-state index in [1.165, 1.54) is 10.6 Å². The predicted molar refractivity (Wildman–Crippen MR) is 154 cm³/mol. The van der Waals surface area contributed by atoms with E-state index in [-0.39, 0.29) is 42.3 Å². The summed E-state index contributed by atoms with van der Waals surface area (Å²) in [6, 6.07) is 18.8. The number of phenolic OH excluding ortho intramolecular Hbond substituents is 1. The molecule has 10 heteroatoms. The number of carbonyl (C=O) groups is 1. The van der Waals surface area contributed by atoms with Crippen LogP contribution in [0, 0.1) is 0 Å². The Morgan fingerprint density at radius 1 is 0.974 bits per heavy atom. The third-order valence-corrected chi connectivity index (χ3v) is 6.80. The van der Waals surface area contributed by atoms with Crippen molar-refractivity contribution in [2.24, 2.45) is 0 Å². The molecule has 0 saturated heterocycles. The first-order chi connectivity index (χ1) is 18.9. The highest BCUT2D eigenvalue weighted by Crippen LogP contribution is 2.25. The van der Waals surface area contributed by atoms with Crippen molar-refractivity contribution in [2.75, 3.05) is 24.4 Å². The first-order valence-corrected chi connectivity index (χ1v) is 13.7. The molecule has 4 rings (SSSR count). The number of unbranched alkanes of at least 4 members (excludes halogenated alkanes) is 1. The average molecular weight is 596 g/mol. The summed E-state index contributed by atoms with van der Waals surface area (Å²) in [5, 5.41) is 14.5. The molecule has 0 bridgehead atoms. The maximum Gasteiger partial charge on any atom is 0.332 e. The number of phenols is 1. The van der Waals surface area contributed by atoms with E-state index in [0.717, 1.165) is 28.3 Å². The number of rotatable bonds is 12. The fourth-order valence-corrected chi connectivity index (χ4v) is 4.65. The smallest absolute Gasteiger partial charge is 0.332 e. The summed E-state index contributed by atoms with van der Waals surface area (Å²) in [5.74, 6) is 0.846. The highest BCUT2D eigenvalue weighted by molar-refractivity contribution is 9.09. The first kappa shape index (κ1) is 28.0. The number of ether oxygens (including phenoxy) is 2. The van der Waals surface area contributed by atoms with Crippen LogP contribution in [-0.2, 0) is 17.9 Å². The number of carbonyl (C=O) groups excluding carboxylic acids is 1. The van der Waals surface area contributed by atoms with Crippen LogP contribution in [0.2, 0.25) is 0 Å². The SMILES string of the molecule is COc1ccc(Cn2c(=O)c3cccc(O)c3n(CCOc3ccccc3NC(=O)CCCCBr)c2=O)cc1. The zero-order chi connectivity index (χ0) is 27.8. The van der Waals surface area contributed by atoms with Crippen molar-refractivity contribution in [3.63, 3.8) is 0 Å². The second kappa shape index (κ2) is 13.1. The predicted octanol–water partition coefficient (Wildman–Crippen LogP) is 4.51. The minimum atomic E-state index is -0.568. The fourth-order valence-electron chi connectivity index (χ4n) is 4.26. The summed E-state index contributed by atoms with van der Waals surface area (Å²) in [6.45, 7) is 0.169. The molecule has 39 heavy (non-hydrogen) atoms. The number of nitrogens with zero attached hydrogens (tertiary/aromatic N) is 2. The summed E-state index contributed by atoms with van der Waals surface area (Å²) >= 11 is 3.37. The normalized spacial score (nSPS) is 10.9. The third-order valence-electron chi connectivity index (χ3n) is 6.24. The lowest BCUT2D eigenvalue weighted by molar-refractivity contribution is -0.116. The number of hydrogen-bond acceptors (Lipinski definition) is 6. The summed E-state index contributed by atoms with van der Waals surface area (Å²) in [5.41, 5.74) is 0.369. The number of para-hydroxylation sites is 3. The molecule has 0 saturated carbocycles. The van der Waals surface area contributed by atoms with Crippen LogP contribution in [0.5, 0.6) is 17.2 Å². The van der Waals surface area contributed by atoms with Gasteiger partial charge in [0.2, 0.25) is 5.91 Å². The van der Waals surface area contributed by atoms with Gasteiger partial charge in [-0.1, -0.05) is 46.3 Å². The Kier molecular flexibility index (Phi) is 9.43. The largest absolute Gasteiger partial charge is 0.506 e. The van der Waals surface area contributed by atoms with Crippen molar-refractivity contribution < 1.29 is 19.4 Å². The van der Waals surface area contributed by atoms with Crippen LogP contribution in [0.4, 0.5) is 5.69 Å². The minimum Gasteiger partial charge on any atom is -0.506 e. The summed E-state index contributed by atoms with van der Waals surface area (Å²) in [7, 11) is 1.56. The number of methoxy groups -OCH3 is 1. The Balaban J connectivity index is 1.59. The van der Waals surface area contributed by atoms with Gasteiger partial charge in [-0.15, -0.1) is 0 Å².